The van der Waals surface area contributed by atoms with Crippen LogP contribution in [0.2, 0.25) is 5.02 Å². The summed E-state index contributed by atoms with van der Waals surface area (Å²) in [5.74, 6) is 0.248. The molecular weight excluding hydrogens is 480 g/mol. The lowest BCUT2D eigenvalue weighted by Crippen LogP contribution is -2.51. The Morgan fingerprint density at radius 2 is 2.11 bits per heavy atom. The van der Waals surface area contributed by atoms with E-state index < -0.39 is 0 Å². The molecule has 2 fully saturated rings. The molecule has 1 amide bonds. The number of morpholine rings is 1. The van der Waals surface area contributed by atoms with Crippen molar-refractivity contribution in [2.75, 3.05) is 13.1 Å². The quantitative estimate of drug-likeness (QED) is 0.470. The predicted molar refractivity (Wildman–Crippen MR) is 142 cm³/mol. The number of aryl methyl sites for hydroxylation is 1. The highest BCUT2D eigenvalue weighted by molar-refractivity contribution is 7.19. The molecule has 6 nitrogen and oxygen atoms in total. The number of nitrogens with one attached hydrogen (secondary N) is 1. The van der Waals surface area contributed by atoms with E-state index in [0.717, 1.165) is 64.3 Å². The second-order valence-corrected chi connectivity index (χ2v) is 11.9. The summed E-state index contributed by atoms with van der Waals surface area (Å²) in [7, 11) is 0. The van der Waals surface area contributed by atoms with Crippen molar-refractivity contribution in [3.8, 4) is 11.3 Å². The molecule has 0 spiro atoms. The van der Waals surface area contributed by atoms with E-state index >= 15 is 0 Å². The third-order valence-electron chi connectivity index (χ3n) is 7.15. The number of benzene rings is 1. The van der Waals surface area contributed by atoms with Crippen molar-refractivity contribution in [1.29, 1.82) is 0 Å². The van der Waals surface area contributed by atoms with Crippen LogP contribution >= 0.6 is 22.9 Å². The molecule has 0 saturated carbocycles. The van der Waals surface area contributed by atoms with Crippen molar-refractivity contribution in [3.05, 3.63) is 45.6 Å². The van der Waals surface area contributed by atoms with Gasteiger partial charge in [0.2, 0.25) is 5.91 Å². The fraction of sp³-hybridized carbons (Fsp3) is 0.519. The lowest BCUT2D eigenvalue weighted by Gasteiger charge is -2.37. The normalized spacial score (nSPS) is 22.3. The van der Waals surface area contributed by atoms with E-state index in [1.165, 1.54) is 5.56 Å². The molecule has 2 aliphatic heterocycles. The molecule has 1 aromatic carbocycles. The van der Waals surface area contributed by atoms with Crippen LogP contribution in [0.15, 0.2) is 24.5 Å². The lowest BCUT2D eigenvalue weighted by atomic mass is 9.93. The highest BCUT2D eigenvalue weighted by Crippen LogP contribution is 2.38. The number of thiophene rings is 1. The monoisotopic (exact) mass is 512 g/mol. The van der Waals surface area contributed by atoms with Crippen LogP contribution in [-0.4, -0.2) is 51.6 Å². The number of fused-ring (bicyclic) bond motifs is 1. The van der Waals surface area contributed by atoms with Crippen LogP contribution in [-0.2, 0) is 22.5 Å². The Hall–Kier alpha value is -2.06. The Bertz CT molecular complexity index is 1260. The van der Waals surface area contributed by atoms with Crippen LogP contribution in [0.1, 0.15) is 56.0 Å². The SMILES string of the molecule is CCC1CCC(=O)N1Cc1cc2ncnc(-c3cc(Cl)cc(C)c3CC3CNCC(C)(C)O3)c2s1. The van der Waals surface area contributed by atoms with Crippen LogP contribution in [0.25, 0.3) is 21.5 Å². The maximum atomic E-state index is 12.5. The van der Waals surface area contributed by atoms with Gasteiger partial charge < -0.3 is 15.0 Å². The number of likely N-dealkylation sites (tertiary alicyclic amines) is 1. The van der Waals surface area contributed by atoms with E-state index in [1.807, 2.05) is 17.0 Å². The van der Waals surface area contributed by atoms with Gasteiger partial charge in [0.1, 0.15) is 6.33 Å². The molecule has 2 saturated heterocycles. The van der Waals surface area contributed by atoms with E-state index in [-0.39, 0.29) is 17.6 Å². The van der Waals surface area contributed by atoms with Gasteiger partial charge in [-0.1, -0.05) is 18.5 Å². The second kappa shape index (κ2) is 9.77. The minimum Gasteiger partial charge on any atom is -0.369 e. The van der Waals surface area contributed by atoms with Crippen LogP contribution in [0.5, 0.6) is 0 Å². The van der Waals surface area contributed by atoms with Gasteiger partial charge in [-0.05, 0) is 62.9 Å². The van der Waals surface area contributed by atoms with Crippen molar-refractivity contribution >= 4 is 39.1 Å². The highest BCUT2D eigenvalue weighted by Gasteiger charge is 2.31. The van der Waals surface area contributed by atoms with Gasteiger partial charge >= 0.3 is 0 Å². The van der Waals surface area contributed by atoms with Crippen LogP contribution in [0, 0.1) is 6.92 Å². The zero-order valence-corrected chi connectivity index (χ0v) is 22.4. The fourth-order valence-electron chi connectivity index (χ4n) is 5.44. The Labute approximate surface area is 216 Å². The minimum atomic E-state index is -0.197. The molecule has 3 aromatic rings. The third-order valence-corrected chi connectivity index (χ3v) is 8.48. The molecule has 0 bridgehead atoms. The smallest absolute Gasteiger partial charge is 0.223 e. The molecule has 2 unspecified atom stereocenters. The Morgan fingerprint density at radius 1 is 1.29 bits per heavy atom. The van der Waals surface area contributed by atoms with Crippen LogP contribution < -0.4 is 5.32 Å². The van der Waals surface area contributed by atoms with Crippen LogP contribution in [0.3, 0.4) is 0 Å². The molecule has 8 heteroatoms. The summed E-state index contributed by atoms with van der Waals surface area (Å²) in [4.78, 5) is 24.9. The number of hydrogen-bond acceptors (Lipinski definition) is 6. The molecule has 1 N–H and O–H groups in total. The second-order valence-electron chi connectivity index (χ2n) is 10.4. The molecule has 186 valence electrons. The molecule has 2 aromatic heterocycles. The van der Waals surface area contributed by atoms with Gasteiger partial charge in [0.05, 0.1) is 34.2 Å². The van der Waals surface area contributed by atoms with E-state index in [0.29, 0.717) is 24.0 Å². The van der Waals surface area contributed by atoms with Gasteiger partial charge in [-0.3, -0.25) is 4.79 Å². The van der Waals surface area contributed by atoms with Crippen molar-refractivity contribution in [3.63, 3.8) is 0 Å². The number of carbonyl (C=O) groups is 1. The summed E-state index contributed by atoms with van der Waals surface area (Å²) in [5.41, 5.74) is 4.99. The number of nitrogens with zero attached hydrogens (tertiary/aromatic N) is 3. The van der Waals surface area contributed by atoms with Crippen molar-refractivity contribution < 1.29 is 9.53 Å². The standard InChI is InChI=1S/C27H33ClN4O2S/c1-5-18-6-7-24(33)32(18)13-20-11-23-26(35-20)25(31-15-30-23)22-9-17(28)8-16(2)21(22)10-19-12-29-14-27(3,4)34-19/h8-9,11,15,18-19,29H,5-7,10,12-14H2,1-4H3. The van der Waals surface area contributed by atoms with E-state index in [9.17, 15) is 4.79 Å². The molecule has 0 radical (unpaired) electrons. The molecule has 2 aliphatic rings. The molecular formula is C27H33ClN4O2S. The van der Waals surface area contributed by atoms with Crippen molar-refractivity contribution in [2.24, 2.45) is 0 Å². The first-order valence-corrected chi connectivity index (χ1v) is 13.6. The molecule has 2 atom stereocenters. The average Bonchev–Trinajstić information content (AvgIpc) is 3.37. The van der Waals surface area contributed by atoms with E-state index in [4.69, 9.17) is 21.3 Å². The topological polar surface area (TPSA) is 67.4 Å². The first kappa shape index (κ1) is 24.6. The van der Waals surface area contributed by atoms with Crippen LogP contribution in [0.4, 0.5) is 0 Å². The summed E-state index contributed by atoms with van der Waals surface area (Å²) >= 11 is 8.23. The number of aromatic nitrogens is 2. The van der Waals surface area contributed by atoms with E-state index in [1.54, 1.807) is 17.7 Å². The number of carbonyl (C=O) groups excluding carboxylic acids is 1. The first-order chi connectivity index (χ1) is 16.7. The maximum Gasteiger partial charge on any atom is 0.223 e. The number of amides is 1. The largest absolute Gasteiger partial charge is 0.369 e. The lowest BCUT2D eigenvalue weighted by molar-refractivity contribution is -0.129. The molecule has 35 heavy (non-hydrogen) atoms. The molecule has 4 heterocycles. The number of halogens is 1. The van der Waals surface area contributed by atoms with Gasteiger partial charge in [-0.25, -0.2) is 9.97 Å². The Morgan fingerprint density at radius 3 is 2.89 bits per heavy atom. The zero-order chi connectivity index (χ0) is 24.7. The maximum absolute atomic E-state index is 12.5. The number of hydrogen-bond donors (Lipinski definition) is 1. The van der Waals surface area contributed by atoms with Crippen molar-refractivity contribution in [2.45, 2.75) is 77.7 Å². The minimum absolute atomic E-state index is 0.0701. The number of rotatable bonds is 6. The Balaban J connectivity index is 1.52. The highest BCUT2D eigenvalue weighted by atomic mass is 35.5. The summed E-state index contributed by atoms with van der Waals surface area (Å²) in [6.45, 7) is 10.8. The predicted octanol–water partition coefficient (Wildman–Crippen LogP) is 5.53. The van der Waals surface area contributed by atoms with Gasteiger partial charge in [-0.15, -0.1) is 11.3 Å². The zero-order valence-electron chi connectivity index (χ0n) is 20.9. The molecule has 5 rings (SSSR count). The van der Waals surface area contributed by atoms with Gasteiger partial charge in [0, 0.05) is 47.4 Å². The van der Waals surface area contributed by atoms with Crippen molar-refractivity contribution in [1.82, 2.24) is 20.2 Å². The number of ether oxygens (including phenoxy) is 1. The average molecular weight is 513 g/mol. The summed E-state index contributed by atoms with van der Waals surface area (Å²) in [6.07, 6.45) is 5.06. The van der Waals surface area contributed by atoms with Gasteiger partial charge in [-0.2, -0.15) is 0 Å². The third kappa shape index (κ3) is 5.10. The molecule has 0 aliphatic carbocycles. The summed E-state index contributed by atoms with van der Waals surface area (Å²) in [6, 6.07) is 6.47. The van der Waals surface area contributed by atoms with E-state index in [2.05, 4.69) is 44.1 Å². The van der Waals surface area contributed by atoms with Gasteiger partial charge in [0.25, 0.3) is 0 Å². The fourth-order valence-corrected chi connectivity index (χ4v) is 6.83. The Kier molecular flexibility index (Phi) is 6.87. The first-order valence-electron chi connectivity index (χ1n) is 12.4. The van der Waals surface area contributed by atoms with Gasteiger partial charge in [0.15, 0.2) is 0 Å². The summed E-state index contributed by atoms with van der Waals surface area (Å²) < 4.78 is 7.42. The summed E-state index contributed by atoms with van der Waals surface area (Å²) in [5, 5.41) is 4.20.